The summed E-state index contributed by atoms with van der Waals surface area (Å²) in [6.45, 7) is 1.26. The molecule has 0 radical (unpaired) electrons. The second-order valence-corrected chi connectivity index (χ2v) is 7.69. The van der Waals surface area contributed by atoms with Crippen molar-refractivity contribution in [2.75, 3.05) is 24.4 Å². The molecule has 2 aromatic carbocycles. The van der Waals surface area contributed by atoms with E-state index < -0.39 is 22.6 Å². The van der Waals surface area contributed by atoms with Gasteiger partial charge < -0.3 is 5.32 Å². The molecular weight excluding hydrogens is 348 g/mol. The first kappa shape index (κ1) is 18.1. The van der Waals surface area contributed by atoms with E-state index in [9.17, 15) is 17.9 Å². The number of nitrogens with zero attached hydrogens (tertiary/aromatic N) is 2. The van der Waals surface area contributed by atoms with Gasteiger partial charge in [0.25, 0.3) is 0 Å². The lowest BCUT2D eigenvalue weighted by Gasteiger charge is -2.53. The van der Waals surface area contributed by atoms with Gasteiger partial charge in [-0.15, -0.1) is 0 Å². The number of anilines is 2. The largest absolute Gasteiger partial charge is 0.320 e. The van der Waals surface area contributed by atoms with Crippen LogP contribution in [-0.2, 0) is 6.54 Å². The predicted octanol–water partition coefficient (Wildman–Crippen LogP) is 4.11. The molecule has 136 valence electrons. The summed E-state index contributed by atoms with van der Waals surface area (Å²) in [6.07, 6.45) is 0.669. The number of nitrogens with one attached hydrogen (secondary N) is 1. The second kappa shape index (κ2) is 7.27. The van der Waals surface area contributed by atoms with Gasteiger partial charge in [-0.25, -0.2) is 13.1 Å². The van der Waals surface area contributed by atoms with Gasteiger partial charge in [0.2, 0.25) is 0 Å². The van der Waals surface area contributed by atoms with Crippen LogP contribution in [-0.4, -0.2) is 33.5 Å². The molecule has 0 unspecified atom stereocenters. The van der Waals surface area contributed by atoms with Gasteiger partial charge in [-0.1, -0.05) is 12.1 Å². The number of para-hydroxylation sites is 1. The maximum Gasteiger partial charge on any atom is 0.148 e. The van der Waals surface area contributed by atoms with E-state index in [-0.39, 0.29) is 12.2 Å². The van der Waals surface area contributed by atoms with Gasteiger partial charge in [0.15, 0.2) is 0 Å². The van der Waals surface area contributed by atoms with Crippen molar-refractivity contribution in [2.24, 2.45) is 0 Å². The van der Waals surface area contributed by atoms with Gasteiger partial charge in [-0.2, -0.15) is 4.31 Å². The Hall–Kier alpha value is -1.71. The fourth-order valence-corrected chi connectivity index (χ4v) is 4.69. The van der Waals surface area contributed by atoms with Gasteiger partial charge in [0.05, 0.1) is 11.4 Å². The van der Waals surface area contributed by atoms with Crippen LogP contribution in [0.5, 0.6) is 0 Å². The first-order valence-corrected chi connectivity index (χ1v) is 9.42. The first-order chi connectivity index (χ1) is 11.9. The van der Waals surface area contributed by atoms with Crippen molar-refractivity contribution in [3.63, 3.8) is 0 Å². The van der Waals surface area contributed by atoms with E-state index in [1.807, 2.05) is 7.05 Å². The normalized spacial score (nSPS) is 18.0. The molecule has 1 aliphatic heterocycles. The van der Waals surface area contributed by atoms with Crippen molar-refractivity contribution in [3.05, 3.63) is 59.7 Å². The van der Waals surface area contributed by atoms with Gasteiger partial charge in [0.1, 0.15) is 11.6 Å². The van der Waals surface area contributed by atoms with E-state index in [1.54, 1.807) is 6.07 Å². The summed E-state index contributed by atoms with van der Waals surface area (Å²) in [7, 11) is -1.66. The van der Waals surface area contributed by atoms with Crippen LogP contribution >= 0.6 is 11.0 Å². The molecule has 1 aliphatic rings. The summed E-state index contributed by atoms with van der Waals surface area (Å²) in [4.78, 5) is 0. The Morgan fingerprint density at radius 1 is 1.12 bits per heavy atom. The van der Waals surface area contributed by atoms with Crippen molar-refractivity contribution >= 4 is 22.3 Å². The van der Waals surface area contributed by atoms with Crippen molar-refractivity contribution < 1.29 is 17.9 Å². The summed E-state index contributed by atoms with van der Waals surface area (Å²) in [6, 6.07) is 9.93. The topological polar surface area (TPSA) is 59.0 Å². The SMILES string of the molecule is CNCCCN1Cc2cc(F)ccc2N(c2ccccc2F)S1(O)O. The highest BCUT2D eigenvalue weighted by molar-refractivity contribution is 8.23. The molecule has 0 atom stereocenters. The molecule has 1 heterocycles. The van der Waals surface area contributed by atoms with Crippen molar-refractivity contribution in [3.8, 4) is 0 Å². The van der Waals surface area contributed by atoms with Crippen molar-refractivity contribution in [1.82, 2.24) is 9.62 Å². The van der Waals surface area contributed by atoms with Crippen LogP contribution in [0.2, 0.25) is 0 Å². The van der Waals surface area contributed by atoms with E-state index in [0.29, 0.717) is 30.8 Å². The third-order valence-electron chi connectivity index (χ3n) is 4.10. The molecule has 25 heavy (non-hydrogen) atoms. The monoisotopic (exact) mass is 369 g/mol. The molecule has 0 bridgehead atoms. The Morgan fingerprint density at radius 2 is 1.88 bits per heavy atom. The lowest BCUT2D eigenvalue weighted by Crippen LogP contribution is -2.42. The van der Waals surface area contributed by atoms with Crippen molar-refractivity contribution in [2.45, 2.75) is 13.0 Å². The molecule has 5 nitrogen and oxygen atoms in total. The van der Waals surface area contributed by atoms with E-state index in [0.717, 1.165) is 0 Å². The van der Waals surface area contributed by atoms with E-state index in [1.165, 1.54) is 45.0 Å². The molecule has 0 spiro atoms. The highest BCUT2D eigenvalue weighted by Crippen LogP contribution is 2.59. The number of rotatable bonds is 5. The van der Waals surface area contributed by atoms with E-state index >= 15 is 0 Å². The lowest BCUT2D eigenvalue weighted by atomic mass is 10.1. The zero-order valence-electron chi connectivity index (χ0n) is 13.8. The van der Waals surface area contributed by atoms with Crippen LogP contribution in [0.15, 0.2) is 42.5 Å². The van der Waals surface area contributed by atoms with Crippen LogP contribution in [0, 0.1) is 11.6 Å². The number of halogens is 2. The van der Waals surface area contributed by atoms with Gasteiger partial charge in [-0.3, -0.25) is 9.11 Å². The molecule has 0 saturated heterocycles. The van der Waals surface area contributed by atoms with E-state index in [4.69, 9.17) is 0 Å². The molecule has 0 amide bonds. The fourth-order valence-electron chi connectivity index (χ4n) is 2.91. The highest BCUT2D eigenvalue weighted by Gasteiger charge is 2.38. The summed E-state index contributed by atoms with van der Waals surface area (Å²) in [5.41, 5.74) is 1.03. The van der Waals surface area contributed by atoms with Gasteiger partial charge in [0, 0.05) is 13.1 Å². The Balaban J connectivity index is 2.08. The maximum absolute atomic E-state index is 14.4. The Labute approximate surface area is 147 Å². The Morgan fingerprint density at radius 3 is 2.60 bits per heavy atom. The van der Waals surface area contributed by atoms with Gasteiger partial charge in [-0.05, 0) is 66.9 Å². The zero-order valence-corrected chi connectivity index (χ0v) is 14.6. The Kier molecular flexibility index (Phi) is 5.26. The minimum absolute atomic E-state index is 0.0497. The molecule has 0 fully saturated rings. The van der Waals surface area contributed by atoms with Crippen LogP contribution in [0.25, 0.3) is 0 Å². The number of benzene rings is 2. The first-order valence-electron chi connectivity index (χ1n) is 7.96. The van der Waals surface area contributed by atoms with E-state index in [2.05, 4.69) is 5.32 Å². The average molecular weight is 369 g/mol. The third-order valence-corrected chi connectivity index (χ3v) is 5.99. The molecule has 3 N–H and O–H groups in total. The van der Waals surface area contributed by atoms with Crippen molar-refractivity contribution in [1.29, 1.82) is 0 Å². The predicted molar refractivity (Wildman–Crippen MR) is 96.7 cm³/mol. The highest BCUT2D eigenvalue weighted by atomic mass is 32.3. The van der Waals surface area contributed by atoms with Gasteiger partial charge >= 0.3 is 0 Å². The Bertz CT molecular complexity index is 760. The summed E-state index contributed by atoms with van der Waals surface area (Å²) >= 11 is 0. The molecule has 0 aromatic heterocycles. The molecule has 3 rings (SSSR count). The molecule has 0 aliphatic carbocycles. The molecular formula is C17H21F2N3O2S. The minimum Gasteiger partial charge on any atom is -0.320 e. The zero-order chi connectivity index (χ0) is 18.0. The third kappa shape index (κ3) is 3.49. The molecule has 8 heteroatoms. The summed E-state index contributed by atoms with van der Waals surface area (Å²) < 4.78 is 52.5. The van der Waals surface area contributed by atoms with Crippen LogP contribution in [0.4, 0.5) is 20.2 Å². The summed E-state index contributed by atoms with van der Waals surface area (Å²) in [5, 5.41) is 3.00. The lowest BCUT2D eigenvalue weighted by molar-refractivity contribution is 0.331. The van der Waals surface area contributed by atoms with Crippen LogP contribution in [0.1, 0.15) is 12.0 Å². The number of fused-ring (bicyclic) bond motifs is 1. The van der Waals surface area contributed by atoms with Crippen LogP contribution in [0.3, 0.4) is 0 Å². The maximum atomic E-state index is 14.4. The average Bonchev–Trinajstić information content (AvgIpc) is 2.57. The smallest absolute Gasteiger partial charge is 0.148 e. The summed E-state index contributed by atoms with van der Waals surface area (Å²) in [5.74, 6) is -0.990. The standard InChI is InChI=1S/C17H21F2N3O2S/c1-20-9-4-10-21-12-13-11-14(18)7-8-16(13)22(25(21,23)24)17-6-3-2-5-15(17)19/h2-3,5-8,11,20,23-24H,4,9-10,12H2,1H3. The minimum atomic E-state index is -3.47. The quantitative estimate of drug-likeness (QED) is 0.693. The van der Waals surface area contributed by atoms with Crippen LogP contribution < -0.4 is 9.62 Å². The second-order valence-electron chi connectivity index (χ2n) is 5.83. The fraction of sp³-hybridized carbons (Fsp3) is 0.294. The molecule has 2 aromatic rings. The number of hydrogen-bond donors (Lipinski definition) is 3. The number of hydrogen-bond acceptors (Lipinski definition) is 5. The molecule has 0 saturated carbocycles.